The van der Waals surface area contributed by atoms with Crippen LogP contribution in [0, 0.1) is 5.92 Å². The minimum absolute atomic E-state index is 0.251. The van der Waals surface area contributed by atoms with Crippen molar-refractivity contribution in [1.82, 2.24) is 24.9 Å². The average molecular weight is 393 g/mol. The van der Waals surface area contributed by atoms with Gasteiger partial charge in [0.15, 0.2) is 11.0 Å². The summed E-state index contributed by atoms with van der Waals surface area (Å²) in [7, 11) is 0. The van der Waals surface area contributed by atoms with Crippen LogP contribution in [0.25, 0.3) is 11.1 Å². The lowest BCUT2D eigenvalue weighted by Crippen LogP contribution is -2.43. The maximum Gasteiger partial charge on any atom is 0.410 e. The molecule has 0 radical (unpaired) electrons. The minimum Gasteiger partial charge on any atom is -0.444 e. The number of hydrogen-bond donors (Lipinski definition) is 1. The lowest BCUT2D eigenvalue weighted by molar-refractivity contribution is 0.0155. The first-order chi connectivity index (χ1) is 12.7. The highest BCUT2D eigenvalue weighted by atomic mass is 35.5. The number of anilines is 1. The fraction of sp³-hybridized carbons (Fsp3) is 0.556. The number of amides is 1. The van der Waals surface area contributed by atoms with Crippen LogP contribution in [-0.4, -0.2) is 49.7 Å². The SMILES string of the molecule is CC(C)(C)OC(=O)N1CCC[C@@H](Cn2cc(-c3cc(Cl)nnc3N)cn2)C1. The Morgan fingerprint density at radius 3 is 2.93 bits per heavy atom. The molecule has 2 N–H and O–H groups in total. The van der Waals surface area contributed by atoms with E-state index < -0.39 is 5.60 Å². The quantitative estimate of drug-likeness (QED) is 0.860. The summed E-state index contributed by atoms with van der Waals surface area (Å²) in [5.41, 5.74) is 6.95. The summed E-state index contributed by atoms with van der Waals surface area (Å²) in [6, 6.07) is 1.68. The van der Waals surface area contributed by atoms with Gasteiger partial charge in [-0.3, -0.25) is 4.68 Å². The molecule has 1 aliphatic rings. The van der Waals surface area contributed by atoms with Crippen LogP contribution in [0.2, 0.25) is 5.15 Å². The molecule has 2 aromatic rings. The van der Waals surface area contributed by atoms with E-state index in [0.717, 1.165) is 24.9 Å². The second-order valence-electron chi connectivity index (χ2n) is 7.85. The molecule has 1 amide bonds. The van der Waals surface area contributed by atoms with Crippen molar-refractivity contribution in [3.63, 3.8) is 0 Å². The van der Waals surface area contributed by atoms with E-state index in [4.69, 9.17) is 22.1 Å². The van der Waals surface area contributed by atoms with Crippen molar-refractivity contribution in [2.75, 3.05) is 18.8 Å². The van der Waals surface area contributed by atoms with Crippen LogP contribution in [0.5, 0.6) is 0 Å². The zero-order valence-electron chi connectivity index (χ0n) is 15.9. The van der Waals surface area contributed by atoms with Crippen molar-refractivity contribution >= 4 is 23.5 Å². The van der Waals surface area contributed by atoms with Crippen molar-refractivity contribution in [2.45, 2.75) is 45.8 Å². The molecule has 27 heavy (non-hydrogen) atoms. The second-order valence-corrected chi connectivity index (χ2v) is 8.24. The van der Waals surface area contributed by atoms with E-state index in [1.165, 1.54) is 0 Å². The summed E-state index contributed by atoms with van der Waals surface area (Å²) in [6.45, 7) is 7.74. The van der Waals surface area contributed by atoms with Crippen molar-refractivity contribution < 1.29 is 9.53 Å². The third-order valence-electron chi connectivity index (χ3n) is 4.35. The largest absolute Gasteiger partial charge is 0.444 e. The summed E-state index contributed by atoms with van der Waals surface area (Å²) in [5.74, 6) is 0.628. The number of nitrogens with two attached hydrogens (primary N) is 1. The van der Waals surface area contributed by atoms with Gasteiger partial charge in [0.05, 0.1) is 6.20 Å². The zero-order valence-corrected chi connectivity index (χ0v) is 16.6. The first-order valence-corrected chi connectivity index (χ1v) is 9.38. The van der Waals surface area contributed by atoms with Gasteiger partial charge < -0.3 is 15.4 Å². The van der Waals surface area contributed by atoms with Gasteiger partial charge in [-0.1, -0.05) is 11.6 Å². The highest BCUT2D eigenvalue weighted by molar-refractivity contribution is 6.29. The van der Waals surface area contributed by atoms with Crippen molar-refractivity contribution in [1.29, 1.82) is 0 Å². The Labute approximate surface area is 163 Å². The van der Waals surface area contributed by atoms with E-state index >= 15 is 0 Å². The van der Waals surface area contributed by atoms with Gasteiger partial charge in [0, 0.05) is 37.0 Å². The van der Waals surface area contributed by atoms with Crippen molar-refractivity contribution in [2.24, 2.45) is 5.92 Å². The van der Waals surface area contributed by atoms with Gasteiger partial charge in [-0.25, -0.2) is 4.79 Å². The van der Waals surface area contributed by atoms with Crippen LogP contribution in [0.15, 0.2) is 18.5 Å². The summed E-state index contributed by atoms with van der Waals surface area (Å²) in [6.07, 6.45) is 5.39. The number of hydrogen-bond acceptors (Lipinski definition) is 6. The Bertz CT molecular complexity index is 816. The normalized spacial score (nSPS) is 17.8. The lowest BCUT2D eigenvalue weighted by atomic mass is 9.98. The van der Waals surface area contributed by atoms with Crippen LogP contribution in [0.1, 0.15) is 33.6 Å². The summed E-state index contributed by atoms with van der Waals surface area (Å²) < 4.78 is 7.35. The maximum atomic E-state index is 12.3. The topological polar surface area (TPSA) is 99.2 Å². The summed E-state index contributed by atoms with van der Waals surface area (Å²) >= 11 is 5.91. The fourth-order valence-electron chi connectivity index (χ4n) is 3.18. The molecule has 146 valence electrons. The molecule has 0 aromatic carbocycles. The Kier molecular flexibility index (Phi) is 5.55. The summed E-state index contributed by atoms with van der Waals surface area (Å²) in [5, 5.41) is 12.3. The number of halogens is 1. The van der Waals surface area contributed by atoms with Crippen molar-refractivity contribution in [3.8, 4) is 11.1 Å². The van der Waals surface area contributed by atoms with Crippen LogP contribution in [0.3, 0.4) is 0 Å². The van der Waals surface area contributed by atoms with Crippen LogP contribution < -0.4 is 5.73 Å². The molecule has 0 aliphatic carbocycles. The van der Waals surface area contributed by atoms with Crippen LogP contribution in [0.4, 0.5) is 10.6 Å². The van der Waals surface area contributed by atoms with Gasteiger partial charge in [-0.05, 0) is 45.6 Å². The number of nitrogen functional groups attached to an aromatic ring is 1. The Morgan fingerprint density at radius 2 is 2.19 bits per heavy atom. The molecule has 1 aliphatic heterocycles. The van der Waals surface area contributed by atoms with Crippen LogP contribution >= 0.6 is 11.6 Å². The molecule has 0 saturated carbocycles. The van der Waals surface area contributed by atoms with Gasteiger partial charge in [0.25, 0.3) is 0 Å². The zero-order chi connectivity index (χ0) is 19.6. The van der Waals surface area contributed by atoms with E-state index in [0.29, 0.717) is 30.4 Å². The third-order valence-corrected chi connectivity index (χ3v) is 4.54. The molecule has 0 bridgehead atoms. The second kappa shape index (κ2) is 7.72. The third kappa shape index (κ3) is 5.09. The van der Waals surface area contributed by atoms with E-state index in [2.05, 4.69) is 15.3 Å². The predicted octanol–water partition coefficient (Wildman–Crippen LogP) is 3.22. The van der Waals surface area contributed by atoms with Gasteiger partial charge >= 0.3 is 6.09 Å². The molecule has 2 aromatic heterocycles. The highest BCUT2D eigenvalue weighted by Gasteiger charge is 2.28. The Hall–Kier alpha value is -2.35. The van der Waals surface area contributed by atoms with E-state index in [9.17, 15) is 4.79 Å². The van der Waals surface area contributed by atoms with Crippen molar-refractivity contribution in [3.05, 3.63) is 23.6 Å². The first kappa shape index (κ1) is 19.4. The van der Waals surface area contributed by atoms with E-state index in [1.54, 1.807) is 17.2 Å². The molecule has 3 heterocycles. The average Bonchev–Trinajstić information content (AvgIpc) is 3.04. The molecule has 1 saturated heterocycles. The Morgan fingerprint density at radius 1 is 1.41 bits per heavy atom. The fourth-order valence-corrected chi connectivity index (χ4v) is 3.33. The van der Waals surface area contributed by atoms with Crippen LogP contribution in [-0.2, 0) is 11.3 Å². The number of piperidine rings is 1. The van der Waals surface area contributed by atoms with Gasteiger partial charge in [0.1, 0.15) is 5.60 Å². The molecule has 8 nitrogen and oxygen atoms in total. The van der Waals surface area contributed by atoms with Gasteiger partial charge in [-0.2, -0.15) is 5.10 Å². The standard InChI is InChI=1S/C18H25ClN6O2/c1-18(2,3)27-17(26)24-6-4-5-12(9-24)10-25-11-13(8-21-25)14-7-15(19)22-23-16(14)20/h7-8,11-12H,4-6,9-10H2,1-3H3,(H2,20,23)/t12-/m1/s1. The molecule has 0 spiro atoms. The lowest BCUT2D eigenvalue weighted by Gasteiger charge is -2.34. The monoisotopic (exact) mass is 392 g/mol. The Balaban J connectivity index is 1.65. The maximum absolute atomic E-state index is 12.3. The van der Waals surface area contributed by atoms with E-state index in [-0.39, 0.29) is 11.2 Å². The molecular weight excluding hydrogens is 368 g/mol. The molecule has 9 heteroatoms. The number of aromatic nitrogens is 4. The summed E-state index contributed by atoms with van der Waals surface area (Å²) in [4.78, 5) is 14.1. The number of rotatable bonds is 3. The number of likely N-dealkylation sites (tertiary alicyclic amines) is 1. The van der Waals surface area contributed by atoms with E-state index in [1.807, 2.05) is 31.6 Å². The molecule has 3 rings (SSSR count). The number of nitrogens with zero attached hydrogens (tertiary/aromatic N) is 5. The molecule has 1 atom stereocenters. The van der Waals surface area contributed by atoms with Gasteiger partial charge in [0.2, 0.25) is 0 Å². The number of carbonyl (C=O) groups excluding carboxylic acids is 1. The smallest absolute Gasteiger partial charge is 0.410 e. The minimum atomic E-state index is -0.485. The predicted molar refractivity (Wildman–Crippen MR) is 103 cm³/mol. The molecule has 0 unspecified atom stereocenters. The molecule has 1 fully saturated rings. The number of carbonyl (C=O) groups is 1. The first-order valence-electron chi connectivity index (χ1n) is 9.01. The number of ether oxygens (including phenoxy) is 1. The highest BCUT2D eigenvalue weighted by Crippen LogP contribution is 2.26. The van der Waals surface area contributed by atoms with Gasteiger partial charge in [-0.15, -0.1) is 10.2 Å². The molecular formula is C18H25ClN6O2.